The first-order chi connectivity index (χ1) is 7.58. The van der Waals surface area contributed by atoms with E-state index in [0.29, 0.717) is 5.75 Å². The van der Waals surface area contributed by atoms with Gasteiger partial charge in [0.1, 0.15) is 11.5 Å². The first kappa shape index (κ1) is 12.7. The fourth-order valence-corrected chi connectivity index (χ4v) is 1.83. The summed E-state index contributed by atoms with van der Waals surface area (Å²) in [6.07, 6.45) is 0.237. The van der Waals surface area contributed by atoms with E-state index in [-0.39, 0.29) is 12.2 Å². The first-order valence-corrected chi connectivity index (χ1v) is 5.60. The molecule has 0 saturated carbocycles. The Kier molecular flexibility index (Phi) is 4.51. The molecule has 84 valence electrons. The van der Waals surface area contributed by atoms with Gasteiger partial charge in [0.15, 0.2) is 0 Å². The van der Waals surface area contributed by atoms with E-state index in [0.717, 1.165) is 10.0 Å². The van der Waals surface area contributed by atoms with Gasteiger partial charge in [0.25, 0.3) is 0 Å². The van der Waals surface area contributed by atoms with Gasteiger partial charge in [-0.25, -0.2) is 0 Å². The lowest BCUT2D eigenvalue weighted by atomic mass is 9.95. The van der Waals surface area contributed by atoms with Gasteiger partial charge in [0.2, 0.25) is 0 Å². The molecule has 3 nitrogen and oxygen atoms in total. The van der Waals surface area contributed by atoms with E-state index in [1.165, 1.54) is 6.92 Å². The van der Waals surface area contributed by atoms with E-state index in [1.54, 1.807) is 13.2 Å². The number of nitrogens with zero attached hydrogens (tertiary/aromatic N) is 1. The van der Waals surface area contributed by atoms with Crippen LogP contribution in [-0.4, -0.2) is 12.9 Å². The van der Waals surface area contributed by atoms with Crippen LogP contribution in [0.2, 0.25) is 0 Å². The summed E-state index contributed by atoms with van der Waals surface area (Å²) >= 11 is 3.34. The van der Waals surface area contributed by atoms with Crippen LogP contribution in [-0.2, 0) is 4.79 Å². The van der Waals surface area contributed by atoms with Crippen LogP contribution in [0, 0.1) is 11.3 Å². The van der Waals surface area contributed by atoms with E-state index >= 15 is 0 Å². The summed E-state index contributed by atoms with van der Waals surface area (Å²) in [5.74, 6) is 0.272. The van der Waals surface area contributed by atoms with Gasteiger partial charge in [-0.15, -0.1) is 0 Å². The number of Topliss-reactive ketones (excluding diaryl/α,β-unsaturated/α-hetero) is 1. The molecular formula is C12H12BrNO2. The largest absolute Gasteiger partial charge is 0.496 e. The third-order valence-electron chi connectivity index (χ3n) is 2.22. The Bertz CT molecular complexity index is 437. The normalized spacial score (nSPS) is 11.6. The molecule has 0 fully saturated rings. The van der Waals surface area contributed by atoms with Gasteiger partial charge in [-0.05, 0) is 40.5 Å². The van der Waals surface area contributed by atoms with Crippen molar-refractivity contribution in [1.29, 1.82) is 5.26 Å². The van der Waals surface area contributed by atoms with Crippen molar-refractivity contribution in [3.05, 3.63) is 28.2 Å². The van der Waals surface area contributed by atoms with Crippen LogP contribution in [0.15, 0.2) is 22.7 Å². The molecule has 1 rings (SSSR count). The number of carbonyl (C=O) groups is 1. The Balaban J connectivity index is 3.02. The topological polar surface area (TPSA) is 50.1 Å². The maximum Gasteiger partial charge on any atom is 0.133 e. The molecule has 0 aliphatic heterocycles. The lowest BCUT2D eigenvalue weighted by molar-refractivity contribution is -0.117. The monoisotopic (exact) mass is 281 g/mol. The minimum absolute atomic E-state index is 0.00781. The van der Waals surface area contributed by atoms with E-state index in [9.17, 15) is 4.79 Å². The van der Waals surface area contributed by atoms with E-state index in [2.05, 4.69) is 22.0 Å². The Morgan fingerprint density at radius 2 is 2.31 bits per heavy atom. The van der Waals surface area contributed by atoms with Gasteiger partial charge >= 0.3 is 0 Å². The standard InChI is InChI=1S/C12H12BrNO2/c1-8(15)5-10(7-14)9-3-4-11(13)12(6-9)16-2/h3-4,6,10H,5H2,1-2H3. The van der Waals surface area contributed by atoms with Crippen LogP contribution in [0.1, 0.15) is 24.8 Å². The fraction of sp³-hybridized carbons (Fsp3) is 0.333. The van der Waals surface area contributed by atoms with Gasteiger partial charge in [0.05, 0.1) is 23.6 Å². The van der Waals surface area contributed by atoms with Gasteiger partial charge < -0.3 is 4.74 Å². The number of hydrogen-bond acceptors (Lipinski definition) is 3. The molecule has 1 atom stereocenters. The average Bonchev–Trinajstić information content (AvgIpc) is 2.26. The number of halogens is 1. The molecule has 1 aromatic carbocycles. The zero-order valence-electron chi connectivity index (χ0n) is 9.16. The maximum atomic E-state index is 11.0. The molecule has 0 aliphatic carbocycles. The van der Waals surface area contributed by atoms with Crippen LogP contribution in [0.5, 0.6) is 5.75 Å². The summed E-state index contributed by atoms with van der Waals surface area (Å²) in [5.41, 5.74) is 0.803. The minimum Gasteiger partial charge on any atom is -0.496 e. The first-order valence-electron chi connectivity index (χ1n) is 4.81. The highest BCUT2D eigenvalue weighted by molar-refractivity contribution is 9.10. The Morgan fingerprint density at radius 3 is 2.81 bits per heavy atom. The quantitative estimate of drug-likeness (QED) is 0.852. The molecule has 0 spiro atoms. The van der Waals surface area contributed by atoms with E-state index in [1.807, 2.05) is 12.1 Å². The van der Waals surface area contributed by atoms with Gasteiger partial charge in [0, 0.05) is 6.42 Å². The highest BCUT2D eigenvalue weighted by atomic mass is 79.9. The fourth-order valence-electron chi connectivity index (χ4n) is 1.42. The zero-order chi connectivity index (χ0) is 12.1. The third-order valence-corrected chi connectivity index (χ3v) is 2.88. The van der Waals surface area contributed by atoms with Crippen molar-refractivity contribution >= 4 is 21.7 Å². The van der Waals surface area contributed by atoms with Crippen molar-refractivity contribution in [3.8, 4) is 11.8 Å². The van der Waals surface area contributed by atoms with E-state index < -0.39 is 5.92 Å². The van der Waals surface area contributed by atoms with Gasteiger partial charge in [-0.3, -0.25) is 4.79 Å². The van der Waals surface area contributed by atoms with Gasteiger partial charge in [-0.1, -0.05) is 6.07 Å². The van der Waals surface area contributed by atoms with E-state index in [4.69, 9.17) is 10.00 Å². The molecule has 0 saturated heterocycles. The number of methoxy groups -OCH3 is 1. The van der Waals surface area contributed by atoms with Crippen molar-refractivity contribution in [2.45, 2.75) is 19.3 Å². The lowest BCUT2D eigenvalue weighted by Gasteiger charge is -2.10. The molecule has 0 heterocycles. The minimum atomic E-state index is -0.403. The SMILES string of the molecule is COc1cc(C(C#N)CC(C)=O)ccc1Br. The summed E-state index contributed by atoms with van der Waals surface area (Å²) < 4.78 is 5.98. The number of hydrogen-bond donors (Lipinski definition) is 0. The smallest absolute Gasteiger partial charge is 0.133 e. The highest BCUT2D eigenvalue weighted by Gasteiger charge is 2.14. The predicted octanol–water partition coefficient (Wildman–Crippen LogP) is 3.04. The van der Waals surface area contributed by atoms with Crippen molar-refractivity contribution in [2.24, 2.45) is 0 Å². The number of benzene rings is 1. The molecule has 0 N–H and O–H groups in total. The van der Waals surface area contributed by atoms with Crippen LogP contribution in [0.25, 0.3) is 0 Å². The summed E-state index contributed by atoms with van der Waals surface area (Å²) in [7, 11) is 1.57. The highest BCUT2D eigenvalue weighted by Crippen LogP contribution is 2.29. The Labute approximate surface area is 103 Å². The van der Waals surface area contributed by atoms with Crippen LogP contribution in [0.4, 0.5) is 0 Å². The molecular weight excluding hydrogens is 270 g/mol. The molecule has 1 aromatic rings. The molecule has 0 aliphatic rings. The third kappa shape index (κ3) is 3.07. The molecule has 0 radical (unpaired) electrons. The maximum absolute atomic E-state index is 11.0. The summed E-state index contributed by atoms with van der Waals surface area (Å²) in [6.45, 7) is 1.49. The van der Waals surface area contributed by atoms with Crippen molar-refractivity contribution in [3.63, 3.8) is 0 Å². The molecule has 16 heavy (non-hydrogen) atoms. The average molecular weight is 282 g/mol. The van der Waals surface area contributed by atoms with Crippen molar-refractivity contribution in [1.82, 2.24) is 0 Å². The summed E-state index contributed by atoms with van der Waals surface area (Å²) in [4.78, 5) is 11.0. The molecule has 1 unspecified atom stereocenters. The van der Waals surface area contributed by atoms with Gasteiger partial charge in [-0.2, -0.15) is 5.26 Å². The second-order valence-electron chi connectivity index (χ2n) is 3.48. The second kappa shape index (κ2) is 5.66. The number of ether oxygens (including phenoxy) is 1. The summed E-state index contributed by atoms with van der Waals surface area (Å²) in [6, 6.07) is 7.55. The van der Waals surface area contributed by atoms with Crippen LogP contribution >= 0.6 is 15.9 Å². The number of carbonyl (C=O) groups excluding carboxylic acids is 1. The second-order valence-corrected chi connectivity index (χ2v) is 4.34. The number of rotatable bonds is 4. The molecule has 0 aromatic heterocycles. The number of nitriles is 1. The molecule has 4 heteroatoms. The Hall–Kier alpha value is -1.34. The predicted molar refractivity (Wildman–Crippen MR) is 64.3 cm³/mol. The van der Waals surface area contributed by atoms with Crippen LogP contribution < -0.4 is 4.74 Å². The zero-order valence-corrected chi connectivity index (χ0v) is 10.7. The summed E-state index contributed by atoms with van der Waals surface area (Å²) in [5, 5.41) is 9.01. The van der Waals surface area contributed by atoms with Crippen molar-refractivity contribution < 1.29 is 9.53 Å². The Morgan fingerprint density at radius 1 is 1.62 bits per heavy atom. The molecule has 0 amide bonds. The van der Waals surface area contributed by atoms with Crippen LogP contribution in [0.3, 0.4) is 0 Å². The number of ketones is 1. The molecule has 0 bridgehead atoms. The van der Waals surface area contributed by atoms with Crippen molar-refractivity contribution in [2.75, 3.05) is 7.11 Å². The lowest BCUT2D eigenvalue weighted by Crippen LogP contribution is -2.02.